The van der Waals surface area contributed by atoms with Crippen LogP contribution < -0.4 is 9.47 Å². The number of nitrogens with zero attached hydrogens (tertiary/aromatic N) is 3. The number of aryl methyl sites for hydroxylation is 2. The molecule has 0 N–H and O–H groups in total. The molecule has 1 aromatic heterocycles. The van der Waals surface area contributed by atoms with Crippen molar-refractivity contribution in [3.05, 3.63) is 101 Å². The maximum absolute atomic E-state index is 13.6. The first-order valence-corrected chi connectivity index (χ1v) is 12.3. The first-order valence-electron chi connectivity index (χ1n) is 12.3. The summed E-state index contributed by atoms with van der Waals surface area (Å²) in [7, 11) is 1.64. The molecular weight excluding hydrogens is 450 g/mol. The first-order chi connectivity index (χ1) is 17.5. The molecule has 1 aliphatic rings. The number of ether oxygens (including phenoxy) is 2. The molecule has 1 saturated carbocycles. The molecule has 0 saturated heterocycles. The van der Waals surface area contributed by atoms with Crippen molar-refractivity contribution in [3.63, 3.8) is 0 Å². The van der Waals surface area contributed by atoms with Crippen LogP contribution in [0.1, 0.15) is 40.0 Å². The van der Waals surface area contributed by atoms with Crippen LogP contribution in [0.5, 0.6) is 17.4 Å². The zero-order chi connectivity index (χ0) is 25.1. The highest BCUT2D eigenvalue weighted by molar-refractivity contribution is 5.94. The van der Waals surface area contributed by atoms with Crippen molar-refractivity contribution in [2.75, 3.05) is 13.7 Å². The van der Waals surface area contributed by atoms with Crippen molar-refractivity contribution in [2.45, 2.75) is 33.2 Å². The van der Waals surface area contributed by atoms with Crippen molar-refractivity contribution in [2.24, 2.45) is 5.92 Å². The molecule has 0 radical (unpaired) electrons. The summed E-state index contributed by atoms with van der Waals surface area (Å²) in [6, 6.07) is 25.2. The summed E-state index contributed by atoms with van der Waals surface area (Å²) < 4.78 is 13.6. The van der Waals surface area contributed by atoms with Gasteiger partial charge in [0.2, 0.25) is 5.88 Å². The lowest BCUT2D eigenvalue weighted by Crippen LogP contribution is -2.32. The van der Waals surface area contributed by atoms with Crippen LogP contribution in [0.4, 0.5) is 0 Å². The van der Waals surface area contributed by atoms with Gasteiger partial charge in [0.1, 0.15) is 11.5 Å². The Bertz CT molecular complexity index is 1320. The molecule has 6 nitrogen and oxygen atoms in total. The van der Waals surface area contributed by atoms with Gasteiger partial charge in [-0.25, -0.2) is 4.68 Å². The van der Waals surface area contributed by atoms with Crippen LogP contribution in [0.3, 0.4) is 0 Å². The zero-order valence-electron chi connectivity index (χ0n) is 21.0. The van der Waals surface area contributed by atoms with Gasteiger partial charge in [-0.05, 0) is 81.1 Å². The van der Waals surface area contributed by atoms with E-state index in [0.717, 1.165) is 47.6 Å². The summed E-state index contributed by atoms with van der Waals surface area (Å²) in [6.07, 6.45) is 2.32. The Labute approximate surface area is 212 Å². The molecule has 0 spiro atoms. The van der Waals surface area contributed by atoms with Crippen LogP contribution in [-0.2, 0) is 6.54 Å². The third-order valence-electron chi connectivity index (χ3n) is 6.52. The molecule has 1 amide bonds. The summed E-state index contributed by atoms with van der Waals surface area (Å²) in [5.41, 5.74) is 4.46. The Morgan fingerprint density at radius 2 is 1.61 bits per heavy atom. The maximum atomic E-state index is 13.6. The van der Waals surface area contributed by atoms with Gasteiger partial charge in [-0.3, -0.25) is 4.79 Å². The lowest BCUT2D eigenvalue weighted by atomic mass is 10.1. The number of carbonyl (C=O) groups excluding carboxylic acids is 1. The normalized spacial score (nSPS) is 12.9. The van der Waals surface area contributed by atoms with Gasteiger partial charge in [0.15, 0.2) is 0 Å². The number of carbonyl (C=O) groups is 1. The van der Waals surface area contributed by atoms with Crippen molar-refractivity contribution in [1.82, 2.24) is 14.7 Å². The number of para-hydroxylation sites is 1. The van der Waals surface area contributed by atoms with Crippen molar-refractivity contribution >= 4 is 5.91 Å². The summed E-state index contributed by atoms with van der Waals surface area (Å²) in [5.74, 6) is 2.63. The molecule has 184 valence electrons. The fourth-order valence-electron chi connectivity index (χ4n) is 4.23. The number of hydrogen-bond donors (Lipinski definition) is 0. The molecular formula is C30H31N3O3. The Kier molecular flexibility index (Phi) is 6.76. The molecule has 1 aliphatic carbocycles. The molecule has 4 aromatic rings. The summed E-state index contributed by atoms with van der Waals surface area (Å²) in [4.78, 5) is 15.5. The molecule has 5 rings (SSSR count). The molecule has 0 atom stereocenters. The van der Waals surface area contributed by atoms with Crippen molar-refractivity contribution in [3.8, 4) is 23.1 Å². The van der Waals surface area contributed by atoms with Gasteiger partial charge in [-0.2, -0.15) is 5.10 Å². The summed E-state index contributed by atoms with van der Waals surface area (Å²) in [5, 5.41) is 4.83. The predicted octanol–water partition coefficient (Wildman–Crippen LogP) is 6.34. The first kappa shape index (κ1) is 23.7. The number of benzene rings is 3. The molecule has 1 heterocycles. The van der Waals surface area contributed by atoms with Crippen LogP contribution in [-0.4, -0.2) is 34.2 Å². The molecule has 0 bridgehead atoms. The lowest BCUT2D eigenvalue weighted by molar-refractivity contribution is 0.0733. The predicted molar refractivity (Wildman–Crippen MR) is 140 cm³/mol. The van der Waals surface area contributed by atoms with E-state index in [-0.39, 0.29) is 5.91 Å². The fraction of sp³-hybridized carbons (Fsp3) is 0.267. The minimum absolute atomic E-state index is 0.0316. The Morgan fingerprint density at radius 3 is 2.25 bits per heavy atom. The van der Waals surface area contributed by atoms with Crippen molar-refractivity contribution in [1.29, 1.82) is 0 Å². The highest BCUT2D eigenvalue weighted by Crippen LogP contribution is 2.35. The van der Waals surface area contributed by atoms with E-state index in [4.69, 9.17) is 14.6 Å². The number of aromatic nitrogens is 2. The SMILES string of the molecule is COc1ccc(Oc2c(CN(CC3CC3)C(=O)c3ccc(C)cc3)c(C)nn2-c2ccccc2)cc1. The van der Waals surface area contributed by atoms with Crippen LogP contribution in [0.25, 0.3) is 5.69 Å². The molecule has 0 aliphatic heterocycles. The largest absolute Gasteiger partial charge is 0.497 e. The highest BCUT2D eigenvalue weighted by Gasteiger charge is 2.30. The number of amides is 1. The van der Waals surface area contributed by atoms with Gasteiger partial charge < -0.3 is 14.4 Å². The minimum atomic E-state index is 0.0316. The van der Waals surface area contributed by atoms with Gasteiger partial charge in [-0.1, -0.05) is 35.9 Å². The van der Waals surface area contributed by atoms with Crippen LogP contribution >= 0.6 is 0 Å². The van der Waals surface area contributed by atoms with E-state index < -0.39 is 0 Å². The van der Waals surface area contributed by atoms with Gasteiger partial charge in [0.25, 0.3) is 5.91 Å². The third-order valence-corrected chi connectivity index (χ3v) is 6.52. The number of methoxy groups -OCH3 is 1. The van der Waals surface area contributed by atoms with Crippen LogP contribution in [0.2, 0.25) is 0 Å². The van der Waals surface area contributed by atoms with E-state index in [2.05, 4.69) is 0 Å². The molecule has 1 fully saturated rings. The topological polar surface area (TPSA) is 56.6 Å². The average Bonchev–Trinajstić information content (AvgIpc) is 3.68. The van der Waals surface area contributed by atoms with E-state index in [1.807, 2.05) is 102 Å². The van der Waals surface area contributed by atoms with Crippen LogP contribution in [0.15, 0.2) is 78.9 Å². The second-order valence-electron chi connectivity index (χ2n) is 9.39. The summed E-state index contributed by atoms with van der Waals surface area (Å²) in [6.45, 7) is 5.15. The van der Waals surface area contributed by atoms with E-state index >= 15 is 0 Å². The van der Waals surface area contributed by atoms with Crippen LogP contribution in [0, 0.1) is 19.8 Å². The zero-order valence-corrected chi connectivity index (χ0v) is 21.0. The number of hydrogen-bond acceptors (Lipinski definition) is 4. The van der Waals surface area contributed by atoms with Gasteiger partial charge in [-0.15, -0.1) is 0 Å². The standard InChI is InChI=1S/C30H31N3O3/c1-21-9-13-24(14-10-21)29(34)32(19-23-11-12-23)20-28-22(2)31-33(25-7-5-4-6-8-25)30(28)36-27-17-15-26(35-3)16-18-27/h4-10,13-18,23H,11-12,19-20H2,1-3H3. The maximum Gasteiger partial charge on any atom is 0.254 e. The van der Waals surface area contributed by atoms with E-state index in [1.165, 1.54) is 0 Å². The molecule has 36 heavy (non-hydrogen) atoms. The van der Waals surface area contributed by atoms with E-state index in [1.54, 1.807) is 7.11 Å². The lowest BCUT2D eigenvalue weighted by Gasteiger charge is -2.23. The Hall–Kier alpha value is -4.06. The molecule has 3 aromatic carbocycles. The summed E-state index contributed by atoms with van der Waals surface area (Å²) >= 11 is 0. The molecule has 0 unspecified atom stereocenters. The smallest absolute Gasteiger partial charge is 0.254 e. The molecule has 6 heteroatoms. The second kappa shape index (κ2) is 10.3. The van der Waals surface area contributed by atoms with E-state index in [0.29, 0.717) is 29.7 Å². The Balaban J connectivity index is 1.52. The van der Waals surface area contributed by atoms with Crippen molar-refractivity contribution < 1.29 is 14.3 Å². The number of rotatable bonds is 9. The van der Waals surface area contributed by atoms with Gasteiger partial charge in [0, 0.05) is 12.1 Å². The minimum Gasteiger partial charge on any atom is -0.497 e. The third kappa shape index (κ3) is 5.28. The van der Waals surface area contributed by atoms with Gasteiger partial charge in [0.05, 0.1) is 30.6 Å². The average molecular weight is 482 g/mol. The highest BCUT2D eigenvalue weighted by atomic mass is 16.5. The van der Waals surface area contributed by atoms with E-state index in [9.17, 15) is 4.79 Å². The Morgan fingerprint density at radius 1 is 0.944 bits per heavy atom. The fourth-order valence-corrected chi connectivity index (χ4v) is 4.23. The monoisotopic (exact) mass is 481 g/mol. The van der Waals surface area contributed by atoms with Gasteiger partial charge >= 0.3 is 0 Å². The quantitative estimate of drug-likeness (QED) is 0.280. The second-order valence-corrected chi connectivity index (χ2v) is 9.39.